The van der Waals surface area contributed by atoms with Crippen molar-refractivity contribution >= 4 is 34.5 Å². The molecule has 0 radical (unpaired) electrons. The molecule has 1 heterocycles. The van der Waals surface area contributed by atoms with Crippen LogP contribution in [0.5, 0.6) is 0 Å². The maximum atomic E-state index is 11.3. The summed E-state index contributed by atoms with van der Waals surface area (Å²) in [5, 5.41) is 8.79. The molecule has 0 fully saturated rings. The van der Waals surface area contributed by atoms with Crippen LogP contribution in [0.25, 0.3) is 0 Å². The van der Waals surface area contributed by atoms with Crippen molar-refractivity contribution in [2.75, 3.05) is 11.9 Å². The first-order chi connectivity index (χ1) is 7.06. The summed E-state index contributed by atoms with van der Waals surface area (Å²) in [6, 6.07) is 0. The van der Waals surface area contributed by atoms with Crippen molar-refractivity contribution in [3.05, 3.63) is 11.2 Å². The van der Waals surface area contributed by atoms with Crippen LogP contribution in [-0.2, 0) is 9.59 Å². The van der Waals surface area contributed by atoms with E-state index in [9.17, 15) is 14.4 Å². The Labute approximate surface area is 89.2 Å². The molecule has 0 saturated carbocycles. The third kappa shape index (κ3) is 2.59. The summed E-state index contributed by atoms with van der Waals surface area (Å²) in [4.78, 5) is 37.0. The van der Waals surface area contributed by atoms with E-state index in [1.807, 2.05) is 0 Å². The van der Waals surface area contributed by atoms with Crippen LogP contribution in [-0.4, -0.2) is 35.3 Å². The van der Waals surface area contributed by atoms with E-state index in [2.05, 4.69) is 4.98 Å². The number of aldehydes is 1. The smallest absolute Gasteiger partial charge is 0.312 e. The minimum Gasteiger partial charge on any atom is -0.481 e. The average molecular weight is 228 g/mol. The average Bonchev–Trinajstić information content (AvgIpc) is 2.62. The Morgan fingerprint density at radius 3 is 2.87 bits per heavy atom. The van der Waals surface area contributed by atoms with Gasteiger partial charge in [-0.25, -0.2) is 4.98 Å². The van der Waals surface area contributed by atoms with Gasteiger partial charge in [-0.15, -0.1) is 11.3 Å². The monoisotopic (exact) mass is 228 g/mol. The van der Waals surface area contributed by atoms with Gasteiger partial charge in [0.05, 0.1) is 5.51 Å². The molecule has 0 unspecified atom stereocenters. The third-order valence-corrected chi connectivity index (χ3v) is 2.59. The molecule has 0 aliphatic rings. The maximum absolute atomic E-state index is 11.3. The predicted molar refractivity (Wildman–Crippen MR) is 53.2 cm³/mol. The maximum Gasteiger partial charge on any atom is 0.312 e. The summed E-state index contributed by atoms with van der Waals surface area (Å²) in [5.41, 5.74) is 1.56. The molecule has 1 aromatic heterocycles. The van der Waals surface area contributed by atoms with Crippen LogP contribution in [0.15, 0.2) is 5.51 Å². The minimum absolute atomic E-state index is 0.140. The minimum atomic E-state index is -1.20. The molecule has 0 aliphatic heterocycles. The zero-order valence-corrected chi connectivity index (χ0v) is 8.65. The molecule has 0 saturated heterocycles. The van der Waals surface area contributed by atoms with Gasteiger partial charge in [0.1, 0.15) is 17.1 Å². The SMILES string of the molecule is CN(C(=O)CC(=O)O)c1scnc1C=O. The van der Waals surface area contributed by atoms with Crippen molar-refractivity contribution in [2.45, 2.75) is 6.42 Å². The number of hydrogen-bond donors (Lipinski definition) is 1. The Hall–Kier alpha value is -1.76. The normalized spacial score (nSPS) is 9.67. The summed E-state index contributed by atoms with van der Waals surface area (Å²) in [6.07, 6.45) is -0.0803. The summed E-state index contributed by atoms with van der Waals surface area (Å²) < 4.78 is 0. The molecule has 15 heavy (non-hydrogen) atoms. The Balaban J connectivity index is 2.84. The topological polar surface area (TPSA) is 87.6 Å². The van der Waals surface area contributed by atoms with Gasteiger partial charge in [-0.3, -0.25) is 14.4 Å². The first-order valence-corrected chi connectivity index (χ1v) is 4.81. The van der Waals surface area contributed by atoms with Gasteiger partial charge in [-0.05, 0) is 0 Å². The number of amides is 1. The van der Waals surface area contributed by atoms with E-state index in [1.54, 1.807) is 0 Å². The first-order valence-electron chi connectivity index (χ1n) is 3.93. The van der Waals surface area contributed by atoms with Crippen LogP contribution in [0.1, 0.15) is 16.9 Å². The van der Waals surface area contributed by atoms with Crippen LogP contribution in [0.3, 0.4) is 0 Å². The van der Waals surface area contributed by atoms with Crippen LogP contribution < -0.4 is 4.90 Å². The molecule has 0 spiro atoms. The lowest BCUT2D eigenvalue weighted by Gasteiger charge is -2.13. The van der Waals surface area contributed by atoms with E-state index >= 15 is 0 Å². The van der Waals surface area contributed by atoms with Crippen LogP contribution >= 0.6 is 11.3 Å². The number of carboxylic acids is 1. The lowest BCUT2D eigenvalue weighted by atomic mass is 10.3. The van der Waals surface area contributed by atoms with E-state index in [4.69, 9.17) is 5.11 Å². The Kier molecular flexibility index (Phi) is 3.51. The molecule has 1 amide bonds. The van der Waals surface area contributed by atoms with Crippen molar-refractivity contribution in [3.63, 3.8) is 0 Å². The van der Waals surface area contributed by atoms with Crippen LogP contribution in [0.2, 0.25) is 0 Å². The quantitative estimate of drug-likeness (QED) is 0.595. The van der Waals surface area contributed by atoms with E-state index in [1.165, 1.54) is 12.6 Å². The highest BCUT2D eigenvalue weighted by molar-refractivity contribution is 7.14. The van der Waals surface area contributed by atoms with E-state index in [-0.39, 0.29) is 5.69 Å². The molecule has 1 N–H and O–H groups in total. The van der Waals surface area contributed by atoms with E-state index in [0.29, 0.717) is 11.3 Å². The summed E-state index contributed by atoms with van der Waals surface area (Å²) in [7, 11) is 1.41. The number of aromatic nitrogens is 1. The highest BCUT2D eigenvalue weighted by Gasteiger charge is 2.18. The molecule has 1 rings (SSSR count). The van der Waals surface area contributed by atoms with Crippen molar-refractivity contribution < 1.29 is 19.5 Å². The standard InChI is InChI=1S/C8H8N2O4S/c1-10(6(12)2-7(13)14)8-5(3-11)9-4-15-8/h3-4H,2H2,1H3,(H,13,14). The molecular formula is C8H8N2O4S. The Morgan fingerprint density at radius 1 is 1.67 bits per heavy atom. The first kappa shape index (κ1) is 11.3. The van der Waals surface area contributed by atoms with E-state index in [0.717, 1.165) is 16.2 Å². The van der Waals surface area contributed by atoms with Gasteiger partial charge in [0.15, 0.2) is 6.29 Å². The fraction of sp³-hybridized carbons (Fsp3) is 0.250. The second-order valence-corrected chi connectivity index (χ2v) is 3.52. The van der Waals surface area contributed by atoms with E-state index < -0.39 is 18.3 Å². The molecule has 6 nitrogen and oxygen atoms in total. The molecule has 1 aromatic rings. The fourth-order valence-corrected chi connectivity index (χ4v) is 1.69. The lowest BCUT2D eigenvalue weighted by Crippen LogP contribution is -2.28. The Bertz CT molecular complexity index is 401. The second kappa shape index (κ2) is 4.65. The summed E-state index contributed by atoms with van der Waals surface area (Å²) >= 11 is 1.11. The number of anilines is 1. The van der Waals surface area contributed by atoms with Gasteiger partial charge in [-0.2, -0.15) is 0 Å². The van der Waals surface area contributed by atoms with Gasteiger partial charge in [-0.1, -0.05) is 0 Å². The van der Waals surface area contributed by atoms with Crippen LogP contribution in [0, 0.1) is 0 Å². The van der Waals surface area contributed by atoms with Gasteiger partial charge >= 0.3 is 5.97 Å². The number of aliphatic carboxylic acids is 1. The zero-order chi connectivity index (χ0) is 11.4. The number of carbonyl (C=O) groups is 3. The van der Waals surface area contributed by atoms with Gasteiger partial charge < -0.3 is 10.0 Å². The molecule has 0 aliphatic carbocycles. The van der Waals surface area contributed by atoms with Crippen molar-refractivity contribution in [1.82, 2.24) is 4.98 Å². The van der Waals surface area contributed by atoms with Gasteiger partial charge in [0, 0.05) is 7.05 Å². The largest absolute Gasteiger partial charge is 0.481 e. The van der Waals surface area contributed by atoms with Crippen molar-refractivity contribution in [3.8, 4) is 0 Å². The highest BCUT2D eigenvalue weighted by atomic mass is 32.1. The third-order valence-electron chi connectivity index (χ3n) is 1.67. The number of carbonyl (C=O) groups excluding carboxylic acids is 2. The zero-order valence-electron chi connectivity index (χ0n) is 7.84. The predicted octanol–water partition coefficient (Wildman–Crippen LogP) is 0.393. The Morgan fingerprint density at radius 2 is 2.33 bits per heavy atom. The lowest BCUT2D eigenvalue weighted by molar-refractivity contribution is -0.140. The molecule has 0 aromatic carbocycles. The fourth-order valence-electron chi connectivity index (χ4n) is 0.942. The molecular weight excluding hydrogens is 220 g/mol. The number of hydrogen-bond acceptors (Lipinski definition) is 5. The number of nitrogens with zero attached hydrogens (tertiary/aromatic N) is 2. The number of thiazole rings is 1. The van der Waals surface area contributed by atoms with Gasteiger partial charge in [0.2, 0.25) is 5.91 Å². The van der Waals surface area contributed by atoms with Crippen LogP contribution in [0.4, 0.5) is 5.00 Å². The summed E-state index contributed by atoms with van der Waals surface area (Å²) in [5.74, 6) is -1.79. The number of rotatable bonds is 4. The molecule has 7 heteroatoms. The number of carboxylic acid groups (broad SMARTS) is 1. The van der Waals surface area contributed by atoms with Gasteiger partial charge in [0.25, 0.3) is 0 Å². The molecule has 80 valence electrons. The second-order valence-electron chi connectivity index (χ2n) is 2.68. The van der Waals surface area contributed by atoms with Crippen molar-refractivity contribution in [2.24, 2.45) is 0 Å². The van der Waals surface area contributed by atoms with Crippen molar-refractivity contribution in [1.29, 1.82) is 0 Å². The molecule has 0 bridgehead atoms. The highest BCUT2D eigenvalue weighted by Crippen LogP contribution is 2.23. The molecule has 0 atom stereocenters. The summed E-state index contributed by atoms with van der Waals surface area (Å²) in [6.45, 7) is 0.